The molecule has 1 aliphatic carbocycles. The maximum atomic E-state index is 14.6. The van der Waals surface area contributed by atoms with Gasteiger partial charge in [0.15, 0.2) is 11.6 Å². The standard InChI is InChI=1S/C26H30F2/c1-3-5-6-8-23-17-18-24(26(28)25(23)27)22-15-13-21(14-16-22)20-11-9-19(7-4-2)10-12-20/h13-20H,3,5-6,8-12H2,1-2H3/t19-,20-. The van der Waals surface area contributed by atoms with Gasteiger partial charge in [-0.1, -0.05) is 56.2 Å². The van der Waals surface area contributed by atoms with Crippen molar-refractivity contribution < 1.29 is 8.78 Å². The minimum atomic E-state index is -0.722. The van der Waals surface area contributed by atoms with Crippen LogP contribution >= 0.6 is 0 Å². The summed E-state index contributed by atoms with van der Waals surface area (Å²) >= 11 is 0. The van der Waals surface area contributed by atoms with Crippen LogP contribution in [0.4, 0.5) is 8.78 Å². The van der Waals surface area contributed by atoms with Crippen molar-refractivity contribution in [3.63, 3.8) is 0 Å². The van der Waals surface area contributed by atoms with Gasteiger partial charge in [0.05, 0.1) is 0 Å². The second-order valence-corrected chi connectivity index (χ2v) is 7.92. The molecule has 0 N–H and O–H groups in total. The highest BCUT2D eigenvalue weighted by molar-refractivity contribution is 5.65. The summed E-state index contributed by atoms with van der Waals surface area (Å²) < 4.78 is 29.1. The smallest absolute Gasteiger partial charge is 0.166 e. The van der Waals surface area contributed by atoms with Gasteiger partial charge in [0.2, 0.25) is 0 Å². The summed E-state index contributed by atoms with van der Waals surface area (Å²) in [5.41, 5.74) is 2.87. The first-order chi connectivity index (χ1) is 13.6. The van der Waals surface area contributed by atoms with Crippen molar-refractivity contribution in [3.05, 3.63) is 59.2 Å². The van der Waals surface area contributed by atoms with Crippen LogP contribution in [0.2, 0.25) is 0 Å². The third-order valence-corrected chi connectivity index (χ3v) is 5.98. The molecule has 0 nitrogen and oxygen atoms in total. The van der Waals surface area contributed by atoms with E-state index >= 15 is 0 Å². The molecule has 2 aromatic carbocycles. The van der Waals surface area contributed by atoms with E-state index in [1.165, 1.54) is 5.56 Å². The van der Waals surface area contributed by atoms with E-state index in [0.29, 0.717) is 29.4 Å². The Balaban J connectivity index is 1.71. The molecule has 0 spiro atoms. The lowest BCUT2D eigenvalue weighted by Gasteiger charge is -2.26. The van der Waals surface area contributed by atoms with E-state index in [1.54, 1.807) is 12.1 Å². The molecule has 3 rings (SSSR count). The zero-order valence-electron chi connectivity index (χ0n) is 17.0. The number of unbranched alkanes of at least 4 members (excludes halogenated alkanes) is 2. The largest absolute Gasteiger partial charge is 0.203 e. The lowest BCUT2D eigenvalue weighted by atomic mass is 9.79. The third kappa shape index (κ3) is 4.82. The Labute approximate surface area is 168 Å². The van der Waals surface area contributed by atoms with E-state index in [2.05, 4.69) is 30.9 Å². The van der Waals surface area contributed by atoms with Gasteiger partial charge in [-0.2, -0.15) is 0 Å². The molecule has 1 fully saturated rings. The van der Waals surface area contributed by atoms with Crippen LogP contribution in [-0.2, 0) is 6.42 Å². The lowest BCUT2D eigenvalue weighted by Crippen LogP contribution is -2.12. The van der Waals surface area contributed by atoms with Crippen molar-refractivity contribution in [2.75, 3.05) is 0 Å². The molecule has 0 aliphatic heterocycles. The quantitative estimate of drug-likeness (QED) is 0.356. The topological polar surface area (TPSA) is 0 Å². The lowest BCUT2D eigenvalue weighted by molar-refractivity contribution is 0.384. The molecule has 0 aromatic heterocycles. The molecule has 1 saturated carbocycles. The maximum absolute atomic E-state index is 14.6. The van der Waals surface area contributed by atoms with Crippen LogP contribution < -0.4 is 0 Å². The van der Waals surface area contributed by atoms with Crippen molar-refractivity contribution in [1.29, 1.82) is 0 Å². The van der Waals surface area contributed by atoms with Crippen molar-refractivity contribution in [2.45, 2.75) is 71.1 Å². The molecule has 0 saturated heterocycles. The summed E-state index contributed by atoms with van der Waals surface area (Å²) in [4.78, 5) is 0. The van der Waals surface area contributed by atoms with Gasteiger partial charge in [-0.05, 0) is 68.1 Å². The second-order valence-electron chi connectivity index (χ2n) is 7.92. The fraction of sp³-hybridized carbons (Fsp3) is 0.462. The molecule has 0 atom stereocenters. The van der Waals surface area contributed by atoms with Crippen LogP contribution in [-0.4, -0.2) is 0 Å². The van der Waals surface area contributed by atoms with Crippen molar-refractivity contribution >= 4 is 0 Å². The van der Waals surface area contributed by atoms with Crippen LogP contribution in [0.5, 0.6) is 0 Å². The third-order valence-electron chi connectivity index (χ3n) is 5.98. The molecular formula is C26H30F2. The fourth-order valence-corrected chi connectivity index (χ4v) is 4.28. The van der Waals surface area contributed by atoms with Crippen LogP contribution in [0.15, 0.2) is 36.4 Å². The van der Waals surface area contributed by atoms with Gasteiger partial charge in [0.1, 0.15) is 0 Å². The van der Waals surface area contributed by atoms with E-state index < -0.39 is 11.6 Å². The molecule has 0 unspecified atom stereocenters. The van der Waals surface area contributed by atoms with E-state index in [-0.39, 0.29) is 0 Å². The highest BCUT2D eigenvalue weighted by Gasteiger charge is 2.21. The first-order valence-electron chi connectivity index (χ1n) is 10.6. The maximum Gasteiger partial charge on any atom is 0.166 e. The molecule has 0 bridgehead atoms. The summed E-state index contributed by atoms with van der Waals surface area (Å²) in [6.07, 6.45) is 8.19. The predicted octanol–water partition coefficient (Wildman–Crippen LogP) is 7.66. The number of benzene rings is 2. The SMILES string of the molecule is CC#C[C@H]1CC[C@H](c2ccc(-c3ccc(CCCCC)c(F)c3F)cc2)CC1. The van der Waals surface area contributed by atoms with E-state index in [0.717, 1.165) is 50.5 Å². The van der Waals surface area contributed by atoms with Crippen LogP contribution in [0.25, 0.3) is 11.1 Å². The van der Waals surface area contributed by atoms with Gasteiger partial charge in [0.25, 0.3) is 0 Å². The summed E-state index contributed by atoms with van der Waals surface area (Å²) in [6, 6.07) is 11.5. The molecular weight excluding hydrogens is 350 g/mol. The number of halogens is 2. The Bertz CT molecular complexity index is 831. The van der Waals surface area contributed by atoms with Crippen LogP contribution in [0.3, 0.4) is 0 Å². The molecule has 2 aromatic rings. The Morgan fingerprint density at radius 1 is 0.893 bits per heavy atom. The Morgan fingerprint density at radius 2 is 1.61 bits per heavy atom. The summed E-state index contributed by atoms with van der Waals surface area (Å²) in [5, 5.41) is 0. The van der Waals surface area contributed by atoms with Crippen LogP contribution in [0.1, 0.15) is 75.8 Å². The Kier molecular flexibility index (Phi) is 7.26. The number of rotatable bonds is 6. The van der Waals surface area contributed by atoms with Gasteiger partial charge < -0.3 is 0 Å². The highest BCUT2D eigenvalue weighted by Crippen LogP contribution is 2.36. The van der Waals surface area contributed by atoms with Gasteiger partial charge in [-0.25, -0.2) is 8.78 Å². The average molecular weight is 381 g/mol. The van der Waals surface area contributed by atoms with E-state index in [9.17, 15) is 8.78 Å². The van der Waals surface area contributed by atoms with Gasteiger partial charge in [-0.3, -0.25) is 0 Å². The second kappa shape index (κ2) is 9.87. The number of hydrogen-bond donors (Lipinski definition) is 0. The summed E-state index contributed by atoms with van der Waals surface area (Å²) in [6.45, 7) is 4.01. The molecule has 0 heterocycles. The summed E-state index contributed by atoms with van der Waals surface area (Å²) in [7, 11) is 0. The fourth-order valence-electron chi connectivity index (χ4n) is 4.28. The van der Waals surface area contributed by atoms with Gasteiger partial charge >= 0.3 is 0 Å². The van der Waals surface area contributed by atoms with Gasteiger partial charge in [-0.15, -0.1) is 11.8 Å². The van der Waals surface area contributed by atoms with Crippen molar-refractivity contribution in [3.8, 4) is 23.0 Å². The number of hydrogen-bond acceptors (Lipinski definition) is 0. The van der Waals surface area contributed by atoms with Gasteiger partial charge in [0, 0.05) is 11.5 Å². The van der Waals surface area contributed by atoms with Crippen molar-refractivity contribution in [1.82, 2.24) is 0 Å². The normalized spacial score (nSPS) is 19.1. The zero-order chi connectivity index (χ0) is 19.9. The zero-order valence-corrected chi connectivity index (χ0v) is 17.0. The molecule has 2 heteroatoms. The van der Waals surface area contributed by atoms with E-state index in [4.69, 9.17) is 0 Å². The van der Waals surface area contributed by atoms with E-state index in [1.807, 2.05) is 19.1 Å². The molecule has 0 amide bonds. The monoisotopic (exact) mass is 380 g/mol. The molecule has 148 valence electrons. The van der Waals surface area contributed by atoms with Crippen LogP contribution in [0, 0.1) is 29.4 Å². The molecule has 0 radical (unpaired) electrons. The first kappa shape index (κ1) is 20.6. The minimum Gasteiger partial charge on any atom is -0.203 e. The minimum absolute atomic E-state index is 0.352. The molecule has 1 aliphatic rings. The van der Waals surface area contributed by atoms with Crippen molar-refractivity contribution in [2.24, 2.45) is 5.92 Å². The predicted molar refractivity (Wildman–Crippen MR) is 113 cm³/mol. The highest BCUT2D eigenvalue weighted by atomic mass is 19.2. The average Bonchev–Trinajstić information content (AvgIpc) is 2.72. The molecule has 28 heavy (non-hydrogen) atoms. The summed E-state index contributed by atoms with van der Waals surface area (Å²) in [5.74, 6) is 6.00. The Hall–Kier alpha value is -2.14. The Morgan fingerprint density at radius 3 is 2.25 bits per heavy atom. The number of aryl methyl sites for hydroxylation is 1. The first-order valence-corrected chi connectivity index (χ1v) is 10.6.